The number of alkyl halides is 1. The molecule has 0 radical (unpaired) electrons. The Hall–Kier alpha value is 0.330. The van der Waals surface area contributed by atoms with Gasteiger partial charge in [0.15, 0.2) is 0 Å². The van der Waals surface area contributed by atoms with E-state index in [4.69, 9.17) is 23.2 Å². The molecule has 1 aromatic carbocycles. The quantitative estimate of drug-likeness (QED) is 0.458. The van der Waals surface area contributed by atoms with Crippen LogP contribution >= 0.6 is 62.2 Å². The van der Waals surface area contributed by atoms with Crippen molar-refractivity contribution >= 4 is 62.2 Å². The third-order valence-corrected chi connectivity index (χ3v) is 6.28. The Morgan fingerprint density at radius 2 is 2.06 bits per heavy atom. The minimum absolute atomic E-state index is 0.146. The van der Waals surface area contributed by atoms with Crippen LogP contribution in [0.3, 0.4) is 0 Å². The Kier molecular flexibility index (Phi) is 4.84. The fourth-order valence-corrected chi connectivity index (χ4v) is 4.34. The van der Waals surface area contributed by atoms with Crippen LogP contribution in [0.15, 0.2) is 39.7 Å². The molecule has 0 bridgehead atoms. The molecule has 0 aliphatic heterocycles. The first-order valence-corrected chi connectivity index (χ1v) is 8.50. The van der Waals surface area contributed by atoms with Crippen LogP contribution in [0.1, 0.15) is 15.8 Å². The third-order valence-electron chi connectivity index (χ3n) is 2.33. The first-order valence-electron chi connectivity index (χ1n) is 4.85. The number of hydrogen-bond donors (Lipinski definition) is 0. The standard InChI is InChI=1S/C12H9BrCl2S2/c1-16-9-5-3-2-4-7(9)11(14)10-6-8(13)12(15)17-10/h2-6,11H,1H3. The van der Waals surface area contributed by atoms with Crippen LogP contribution in [0.25, 0.3) is 0 Å². The molecule has 1 heterocycles. The molecule has 0 aliphatic carbocycles. The van der Waals surface area contributed by atoms with Crippen molar-refractivity contribution < 1.29 is 0 Å². The van der Waals surface area contributed by atoms with Crippen molar-refractivity contribution in [3.05, 3.63) is 49.6 Å². The Balaban J connectivity index is 2.39. The number of benzene rings is 1. The van der Waals surface area contributed by atoms with Crippen LogP contribution in [-0.4, -0.2) is 6.26 Å². The van der Waals surface area contributed by atoms with E-state index < -0.39 is 0 Å². The maximum atomic E-state index is 6.52. The second-order valence-electron chi connectivity index (χ2n) is 3.37. The Bertz CT molecular complexity index is 505. The predicted octanol–water partition coefficient (Wildman–Crippen LogP) is 6.21. The van der Waals surface area contributed by atoms with Crippen molar-refractivity contribution in [1.82, 2.24) is 0 Å². The average Bonchev–Trinajstić information content (AvgIpc) is 2.68. The van der Waals surface area contributed by atoms with Gasteiger partial charge in [-0.25, -0.2) is 0 Å². The molecule has 0 saturated heterocycles. The topological polar surface area (TPSA) is 0 Å². The molecule has 0 fully saturated rings. The van der Waals surface area contributed by atoms with Crippen LogP contribution in [0.5, 0.6) is 0 Å². The van der Waals surface area contributed by atoms with Crippen molar-refractivity contribution in [2.24, 2.45) is 0 Å². The minimum Gasteiger partial charge on any atom is -0.129 e. The number of halogens is 3. The molecule has 0 N–H and O–H groups in total. The monoisotopic (exact) mass is 366 g/mol. The molecule has 1 aromatic heterocycles. The minimum atomic E-state index is -0.146. The molecular formula is C12H9BrCl2S2. The van der Waals surface area contributed by atoms with Gasteiger partial charge in [0, 0.05) is 14.2 Å². The van der Waals surface area contributed by atoms with E-state index in [0.29, 0.717) is 0 Å². The normalized spacial score (nSPS) is 12.7. The summed E-state index contributed by atoms with van der Waals surface area (Å²) in [5.74, 6) is 0. The van der Waals surface area contributed by atoms with Crippen LogP contribution < -0.4 is 0 Å². The van der Waals surface area contributed by atoms with E-state index in [-0.39, 0.29) is 5.38 Å². The van der Waals surface area contributed by atoms with E-state index in [0.717, 1.165) is 19.2 Å². The lowest BCUT2D eigenvalue weighted by molar-refractivity contribution is 1.12. The fraction of sp³-hybridized carbons (Fsp3) is 0.167. The third kappa shape index (κ3) is 3.02. The average molecular weight is 368 g/mol. The van der Waals surface area contributed by atoms with Crippen molar-refractivity contribution in [1.29, 1.82) is 0 Å². The second-order valence-corrected chi connectivity index (χ2v) is 7.20. The van der Waals surface area contributed by atoms with Crippen LogP contribution in [0.4, 0.5) is 0 Å². The molecule has 2 aromatic rings. The summed E-state index contributed by atoms with van der Waals surface area (Å²) in [5, 5.41) is -0.146. The highest BCUT2D eigenvalue weighted by molar-refractivity contribution is 9.10. The van der Waals surface area contributed by atoms with Crippen molar-refractivity contribution in [2.45, 2.75) is 10.3 Å². The van der Waals surface area contributed by atoms with Crippen molar-refractivity contribution in [3.8, 4) is 0 Å². The van der Waals surface area contributed by atoms with E-state index in [1.165, 1.54) is 16.2 Å². The molecule has 17 heavy (non-hydrogen) atoms. The maximum Gasteiger partial charge on any atom is 0.107 e. The van der Waals surface area contributed by atoms with Crippen molar-refractivity contribution in [2.75, 3.05) is 6.26 Å². The zero-order valence-corrected chi connectivity index (χ0v) is 13.6. The highest BCUT2D eigenvalue weighted by Crippen LogP contribution is 2.42. The molecule has 1 atom stereocenters. The van der Waals surface area contributed by atoms with Gasteiger partial charge in [-0.05, 0) is 39.9 Å². The van der Waals surface area contributed by atoms with E-state index in [2.05, 4.69) is 34.3 Å². The van der Waals surface area contributed by atoms with Gasteiger partial charge >= 0.3 is 0 Å². The summed E-state index contributed by atoms with van der Waals surface area (Å²) >= 11 is 19.2. The Morgan fingerprint density at radius 1 is 1.35 bits per heavy atom. The highest BCUT2D eigenvalue weighted by atomic mass is 79.9. The van der Waals surface area contributed by atoms with Gasteiger partial charge in [-0.1, -0.05) is 29.8 Å². The molecular weight excluding hydrogens is 359 g/mol. The van der Waals surface area contributed by atoms with Gasteiger partial charge in [0.2, 0.25) is 0 Å². The first kappa shape index (κ1) is 13.8. The van der Waals surface area contributed by atoms with Crippen LogP contribution in [-0.2, 0) is 0 Å². The predicted molar refractivity (Wildman–Crippen MR) is 82.9 cm³/mol. The molecule has 0 amide bonds. The molecule has 0 saturated carbocycles. The lowest BCUT2D eigenvalue weighted by atomic mass is 10.1. The van der Waals surface area contributed by atoms with E-state index >= 15 is 0 Å². The zero-order chi connectivity index (χ0) is 12.4. The summed E-state index contributed by atoms with van der Waals surface area (Å²) in [6, 6.07) is 10.2. The Morgan fingerprint density at radius 3 is 2.65 bits per heavy atom. The van der Waals surface area contributed by atoms with Crippen LogP contribution in [0.2, 0.25) is 4.34 Å². The van der Waals surface area contributed by atoms with Gasteiger partial charge < -0.3 is 0 Å². The van der Waals surface area contributed by atoms with Gasteiger partial charge in [0.1, 0.15) is 4.34 Å². The molecule has 5 heteroatoms. The van der Waals surface area contributed by atoms with E-state index in [1.54, 1.807) is 11.8 Å². The van der Waals surface area contributed by atoms with Crippen LogP contribution in [0, 0.1) is 0 Å². The number of rotatable bonds is 3. The fourth-order valence-electron chi connectivity index (χ4n) is 1.52. The summed E-state index contributed by atoms with van der Waals surface area (Å²) in [6.45, 7) is 0. The second kappa shape index (κ2) is 5.98. The lowest BCUT2D eigenvalue weighted by Crippen LogP contribution is -1.92. The molecule has 0 spiro atoms. The first-order chi connectivity index (χ1) is 8.13. The van der Waals surface area contributed by atoms with Gasteiger partial charge in [-0.15, -0.1) is 34.7 Å². The summed E-state index contributed by atoms with van der Waals surface area (Å²) < 4.78 is 1.65. The number of thioether (sulfide) groups is 1. The molecule has 1 unspecified atom stereocenters. The van der Waals surface area contributed by atoms with Crippen molar-refractivity contribution in [3.63, 3.8) is 0 Å². The Labute approximate surface area is 127 Å². The molecule has 0 aliphatic rings. The molecule has 90 valence electrons. The lowest BCUT2D eigenvalue weighted by Gasteiger charge is -2.11. The summed E-state index contributed by atoms with van der Waals surface area (Å²) in [4.78, 5) is 2.26. The van der Waals surface area contributed by atoms with E-state index in [1.807, 2.05) is 18.2 Å². The summed E-state index contributed by atoms with van der Waals surface area (Å²) in [6.07, 6.45) is 2.06. The van der Waals surface area contributed by atoms with Gasteiger partial charge in [-0.2, -0.15) is 0 Å². The van der Waals surface area contributed by atoms with Gasteiger partial charge in [0.25, 0.3) is 0 Å². The zero-order valence-electron chi connectivity index (χ0n) is 8.91. The SMILES string of the molecule is CSc1ccccc1C(Cl)c1cc(Br)c(Cl)s1. The largest absolute Gasteiger partial charge is 0.129 e. The summed E-state index contributed by atoms with van der Waals surface area (Å²) in [7, 11) is 0. The number of hydrogen-bond acceptors (Lipinski definition) is 2. The molecule has 0 nitrogen and oxygen atoms in total. The van der Waals surface area contributed by atoms with E-state index in [9.17, 15) is 0 Å². The molecule has 2 rings (SSSR count). The van der Waals surface area contributed by atoms with Gasteiger partial charge in [0.05, 0.1) is 5.38 Å². The smallest absolute Gasteiger partial charge is 0.107 e. The number of thiophene rings is 1. The summed E-state index contributed by atoms with van der Waals surface area (Å²) in [5.41, 5.74) is 1.13. The maximum absolute atomic E-state index is 6.52. The highest BCUT2D eigenvalue weighted by Gasteiger charge is 2.17. The van der Waals surface area contributed by atoms with Gasteiger partial charge in [-0.3, -0.25) is 0 Å².